The number of carboxylic acid groups (broad SMARTS) is 1. The molecule has 0 saturated heterocycles. The molecule has 2 rings (SSSR count). The number of carboxylic acids is 1. The Labute approximate surface area is 110 Å². The van der Waals surface area contributed by atoms with Crippen molar-refractivity contribution in [3.05, 3.63) is 52.2 Å². The molecule has 0 atom stereocenters. The van der Waals surface area contributed by atoms with E-state index in [0.717, 1.165) is 24.5 Å². The molecule has 20 heavy (non-hydrogen) atoms. The van der Waals surface area contributed by atoms with Gasteiger partial charge in [0.25, 0.3) is 0 Å². The lowest BCUT2D eigenvalue weighted by Gasteiger charge is -2.05. The fourth-order valence-corrected chi connectivity index (χ4v) is 1.33. The molecule has 2 aromatic rings. The molecule has 9 heteroatoms. The highest BCUT2D eigenvalue weighted by Crippen LogP contribution is 2.32. The number of nitrogens with zero attached hydrogens (tertiary/aromatic N) is 3. The van der Waals surface area contributed by atoms with Crippen LogP contribution in [0.1, 0.15) is 10.5 Å². The highest BCUT2D eigenvalue weighted by molar-refractivity contribution is 5.84. The van der Waals surface area contributed by atoms with Gasteiger partial charge >= 0.3 is 11.7 Å². The maximum absolute atomic E-state index is 13.5. The number of hydrogen-bond acceptors (Lipinski definition) is 6. The molecule has 0 bridgehead atoms. The fraction of sp³-hybridized carbons (Fsp3) is 0. The molecule has 1 aromatic heterocycles. The van der Waals surface area contributed by atoms with E-state index in [0.29, 0.717) is 0 Å². The molecule has 0 amide bonds. The number of aromatic carboxylic acids is 1. The number of halogens is 1. The number of para-hydroxylation sites is 1. The maximum Gasteiger partial charge on any atom is 0.356 e. The molecule has 1 N–H and O–H groups in total. The lowest BCUT2D eigenvalue weighted by molar-refractivity contribution is -0.385. The Kier molecular flexibility index (Phi) is 3.51. The van der Waals surface area contributed by atoms with Crippen LogP contribution in [-0.2, 0) is 0 Å². The first-order chi connectivity index (χ1) is 9.49. The molecule has 0 aliphatic heterocycles. The fourth-order valence-electron chi connectivity index (χ4n) is 1.33. The van der Waals surface area contributed by atoms with E-state index < -0.39 is 28.1 Å². The first-order valence-electron chi connectivity index (χ1n) is 5.15. The summed E-state index contributed by atoms with van der Waals surface area (Å²) in [7, 11) is 0. The van der Waals surface area contributed by atoms with Crippen molar-refractivity contribution in [3.8, 4) is 11.6 Å². The first-order valence-corrected chi connectivity index (χ1v) is 5.15. The highest BCUT2D eigenvalue weighted by Gasteiger charge is 2.20. The normalized spacial score (nSPS) is 10.1. The highest BCUT2D eigenvalue weighted by atomic mass is 19.1. The second-order valence-electron chi connectivity index (χ2n) is 3.49. The Balaban J connectivity index is 2.34. The van der Waals surface area contributed by atoms with Gasteiger partial charge in [-0.1, -0.05) is 6.07 Å². The third-order valence-electron chi connectivity index (χ3n) is 2.20. The second-order valence-corrected chi connectivity index (χ2v) is 3.49. The largest absolute Gasteiger partial charge is 0.476 e. The number of nitro groups is 1. The van der Waals surface area contributed by atoms with Gasteiger partial charge in [0.1, 0.15) is 0 Å². The number of nitro benzene ring substituents is 1. The van der Waals surface area contributed by atoms with E-state index in [9.17, 15) is 19.3 Å². The van der Waals surface area contributed by atoms with Crippen LogP contribution in [0.4, 0.5) is 10.1 Å². The average molecular weight is 279 g/mol. The van der Waals surface area contributed by atoms with Crippen LogP contribution in [0.25, 0.3) is 0 Å². The average Bonchev–Trinajstić information content (AvgIpc) is 2.41. The summed E-state index contributed by atoms with van der Waals surface area (Å²) in [6.45, 7) is 0. The zero-order chi connectivity index (χ0) is 14.7. The number of hydrogen-bond donors (Lipinski definition) is 1. The van der Waals surface area contributed by atoms with Gasteiger partial charge in [0.15, 0.2) is 11.5 Å². The molecule has 0 radical (unpaired) electrons. The summed E-state index contributed by atoms with van der Waals surface area (Å²) in [6.07, 6.45) is 1.82. The topological polar surface area (TPSA) is 115 Å². The Morgan fingerprint density at radius 2 is 2.10 bits per heavy atom. The summed E-state index contributed by atoms with van der Waals surface area (Å²) < 4.78 is 18.5. The molecule has 8 nitrogen and oxygen atoms in total. The van der Waals surface area contributed by atoms with E-state index >= 15 is 0 Å². The monoisotopic (exact) mass is 279 g/mol. The van der Waals surface area contributed by atoms with Crippen molar-refractivity contribution >= 4 is 11.7 Å². The van der Waals surface area contributed by atoms with Crippen LogP contribution in [0.5, 0.6) is 11.6 Å². The summed E-state index contributed by atoms with van der Waals surface area (Å²) in [5.74, 6) is -3.11. The summed E-state index contributed by atoms with van der Waals surface area (Å²) in [4.78, 5) is 27.6. The van der Waals surface area contributed by atoms with Gasteiger partial charge in [-0.2, -0.15) is 0 Å². The Bertz CT molecular complexity index is 674. The van der Waals surface area contributed by atoms with Crippen molar-refractivity contribution in [2.24, 2.45) is 0 Å². The smallest absolute Gasteiger partial charge is 0.356 e. The molecule has 0 unspecified atom stereocenters. The van der Waals surface area contributed by atoms with E-state index in [1.54, 1.807) is 0 Å². The van der Waals surface area contributed by atoms with Crippen molar-refractivity contribution in [3.63, 3.8) is 0 Å². The van der Waals surface area contributed by atoms with Crippen LogP contribution in [0.2, 0.25) is 0 Å². The zero-order valence-corrected chi connectivity index (χ0v) is 9.69. The van der Waals surface area contributed by atoms with Crippen LogP contribution >= 0.6 is 0 Å². The molecule has 102 valence electrons. The van der Waals surface area contributed by atoms with Crippen LogP contribution in [0.3, 0.4) is 0 Å². The molecular formula is C11H6FN3O5. The standard InChI is InChI=1S/C11H6FN3O5/c12-6-2-1-3-8(15(18)19)10(6)20-9-5-13-7(4-14-9)11(16)17/h1-5H,(H,16,17). The minimum atomic E-state index is -1.29. The molecule has 0 spiro atoms. The predicted molar refractivity (Wildman–Crippen MR) is 62.1 cm³/mol. The predicted octanol–water partition coefficient (Wildman–Crippen LogP) is 2.01. The van der Waals surface area contributed by atoms with Crippen LogP contribution < -0.4 is 4.74 Å². The maximum atomic E-state index is 13.5. The Morgan fingerprint density at radius 3 is 2.65 bits per heavy atom. The SMILES string of the molecule is O=C(O)c1cnc(Oc2c(F)cccc2[N+](=O)[O-])cn1. The number of benzene rings is 1. The van der Waals surface area contributed by atoms with Crippen molar-refractivity contribution in [2.45, 2.75) is 0 Å². The van der Waals surface area contributed by atoms with Crippen LogP contribution in [0.15, 0.2) is 30.6 Å². The minimum Gasteiger partial charge on any atom is -0.476 e. The van der Waals surface area contributed by atoms with Gasteiger partial charge in [-0.25, -0.2) is 19.2 Å². The quantitative estimate of drug-likeness (QED) is 0.672. The van der Waals surface area contributed by atoms with Gasteiger partial charge in [-0.05, 0) is 6.07 Å². The molecule has 1 aromatic carbocycles. The number of rotatable bonds is 4. The lowest BCUT2D eigenvalue weighted by Crippen LogP contribution is -2.02. The summed E-state index contributed by atoms with van der Waals surface area (Å²) in [6, 6.07) is 3.22. The van der Waals surface area contributed by atoms with E-state index in [2.05, 4.69) is 9.97 Å². The first kappa shape index (κ1) is 13.3. The number of carbonyl (C=O) groups is 1. The number of aromatic nitrogens is 2. The molecule has 1 heterocycles. The Hall–Kier alpha value is -3.10. The van der Waals surface area contributed by atoms with Crippen molar-refractivity contribution < 1.29 is 24.0 Å². The summed E-state index contributed by atoms with van der Waals surface area (Å²) in [5.41, 5.74) is -0.908. The van der Waals surface area contributed by atoms with Crippen molar-refractivity contribution in [2.75, 3.05) is 0 Å². The minimum absolute atomic E-state index is 0.261. The van der Waals surface area contributed by atoms with Gasteiger partial charge in [0, 0.05) is 6.07 Å². The van der Waals surface area contributed by atoms with Crippen molar-refractivity contribution in [1.82, 2.24) is 9.97 Å². The molecule has 0 aliphatic carbocycles. The third-order valence-corrected chi connectivity index (χ3v) is 2.20. The van der Waals surface area contributed by atoms with Gasteiger partial charge in [-0.3, -0.25) is 10.1 Å². The van der Waals surface area contributed by atoms with Crippen molar-refractivity contribution in [1.29, 1.82) is 0 Å². The van der Waals surface area contributed by atoms with Gasteiger partial charge in [0.2, 0.25) is 11.6 Å². The molecule has 0 aliphatic rings. The van der Waals surface area contributed by atoms with Gasteiger partial charge in [0.05, 0.1) is 17.3 Å². The van der Waals surface area contributed by atoms with Gasteiger partial charge in [-0.15, -0.1) is 0 Å². The van der Waals surface area contributed by atoms with E-state index in [1.165, 1.54) is 6.07 Å². The summed E-state index contributed by atoms with van der Waals surface area (Å²) >= 11 is 0. The summed E-state index contributed by atoms with van der Waals surface area (Å²) in [5, 5.41) is 19.4. The lowest BCUT2D eigenvalue weighted by atomic mass is 10.3. The number of ether oxygens (including phenoxy) is 1. The van der Waals surface area contributed by atoms with Crippen LogP contribution in [-0.4, -0.2) is 26.0 Å². The van der Waals surface area contributed by atoms with E-state index in [1.807, 2.05) is 0 Å². The third kappa shape index (κ3) is 2.66. The molecular weight excluding hydrogens is 273 g/mol. The molecule has 0 saturated carbocycles. The van der Waals surface area contributed by atoms with Crippen LogP contribution in [0, 0.1) is 15.9 Å². The van der Waals surface area contributed by atoms with Gasteiger partial charge < -0.3 is 9.84 Å². The van der Waals surface area contributed by atoms with E-state index in [4.69, 9.17) is 9.84 Å². The second kappa shape index (κ2) is 5.26. The molecule has 0 fully saturated rings. The Morgan fingerprint density at radius 1 is 1.35 bits per heavy atom. The van der Waals surface area contributed by atoms with E-state index in [-0.39, 0.29) is 11.6 Å². The zero-order valence-electron chi connectivity index (χ0n) is 9.69.